The van der Waals surface area contributed by atoms with Gasteiger partial charge in [-0.05, 0) is 29.7 Å². The van der Waals surface area contributed by atoms with Crippen LogP contribution in [0.3, 0.4) is 0 Å². The van der Waals surface area contributed by atoms with Gasteiger partial charge in [0.2, 0.25) is 5.91 Å². The van der Waals surface area contributed by atoms with Gasteiger partial charge in [0, 0.05) is 25.7 Å². The van der Waals surface area contributed by atoms with E-state index >= 15 is 0 Å². The number of carboxylic acid groups (broad SMARTS) is 1. The van der Waals surface area contributed by atoms with E-state index in [9.17, 15) is 18.0 Å². The molecular weight excluding hydrogens is 469 g/mol. The molecule has 34 heavy (non-hydrogen) atoms. The van der Waals surface area contributed by atoms with Crippen molar-refractivity contribution >= 4 is 34.7 Å². The number of piperazine rings is 1. The van der Waals surface area contributed by atoms with Crippen molar-refractivity contribution in [2.75, 3.05) is 25.4 Å². The minimum Gasteiger partial charge on any atom is -0.475 e. The van der Waals surface area contributed by atoms with E-state index < -0.39 is 12.1 Å². The molecule has 11 heteroatoms. The summed E-state index contributed by atoms with van der Waals surface area (Å²) in [6.07, 6.45) is -4.04. The number of benzene rings is 2. The van der Waals surface area contributed by atoms with Crippen molar-refractivity contribution in [2.24, 2.45) is 0 Å². The number of rotatable bonds is 5. The number of H-pyrrole nitrogens is 1. The third-order valence-electron chi connectivity index (χ3n) is 5.26. The van der Waals surface area contributed by atoms with E-state index in [0.29, 0.717) is 12.3 Å². The molecule has 1 atom stereocenters. The number of para-hydroxylation sites is 2. The number of alkyl halides is 3. The van der Waals surface area contributed by atoms with Crippen molar-refractivity contribution in [3.63, 3.8) is 0 Å². The highest BCUT2D eigenvalue weighted by molar-refractivity contribution is 7.99. The number of halogens is 3. The zero-order valence-electron chi connectivity index (χ0n) is 18.4. The molecule has 3 N–H and O–H groups in total. The molecule has 0 aliphatic carbocycles. The Morgan fingerprint density at radius 2 is 1.85 bits per heavy atom. The zero-order chi connectivity index (χ0) is 24.7. The molecule has 0 bridgehead atoms. The molecule has 1 aromatic heterocycles. The van der Waals surface area contributed by atoms with E-state index in [1.54, 1.807) is 0 Å². The first-order chi connectivity index (χ1) is 16.2. The standard InChI is InChI=1S/C21H24N4OS.C2HF3O2/c1-2-15-7-9-16(10-8-15)19-13-25(12-11-22-19)20(26)14-27-21-23-17-5-3-4-6-18(17)24-21;3-2(4,5)1(6)7/h3-10,19,22H,2,11-14H2,1H3,(H,23,24);(H,6,7). The van der Waals surface area contributed by atoms with Crippen LogP contribution in [0, 0.1) is 0 Å². The predicted octanol–water partition coefficient (Wildman–Crippen LogP) is 4.02. The molecule has 0 spiro atoms. The first-order valence-electron chi connectivity index (χ1n) is 10.6. The van der Waals surface area contributed by atoms with Crippen LogP contribution in [0.25, 0.3) is 11.0 Å². The van der Waals surface area contributed by atoms with Crippen molar-refractivity contribution in [2.45, 2.75) is 30.7 Å². The molecule has 3 aromatic rings. The Labute approximate surface area is 198 Å². The van der Waals surface area contributed by atoms with Crippen LogP contribution in [0.2, 0.25) is 0 Å². The summed E-state index contributed by atoms with van der Waals surface area (Å²) in [5.74, 6) is -2.19. The van der Waals surface area contributed by atoms with Crippen LogP contribution >= 0.6 is 11.8 Å². The van der Waals surface area contributed by atoms with Gasteiger partial charge in [-0.25, -0.2) is 9.78 Å². The Kier molecular flexibility index (Phi) is 8.56. The van der Waals surface area contributed by atoms with Gasteiger partial charge < -0.3 is 20.3 Å². The van der Waals surface area contributed by atoms with Gasteiger partial charge in [-0.1, -0.05) is 55.1 Å². The lowest BCUT2D eigenvalue weighted by Crippen LogP contribution is -2.48. The number of fused-ring (bicyclic) bond motifs is 1. The van der Waals surface area contributed by atoms with E-state index in [0.717, 1.165) is 35.7 Å². The van der Waals surface area contributed by atoms with Gasteiger partial charge >= 0.3 is 12.1 Å². The summed E-state index contributed by atoms with van der Waals surface area (Å²) < 4.78 is 31.7. The molecule has 1 unspecified atom stereocenters. The second kappa shape index (κ2) is 11.4. The molecule has 2 heterocycles. The maximum atomic E-state index is 12.7. The first kappa shape index (κ1) is 25.6. The highest BCUT2D eigenvalue weighted by Crippen LogP contribution is 2.22. The molecule has 0 saturated carbocycles. The number of aromatic nitrogens is 2. The van der Waals surface area contributed by atoms with Crippen LogP contribution in [0.1, 0.15) is 24.1 Å². The summed E-state index contributed by atoms with van der Waals surface area (Å²) in [5.41, 5.74) is 4.52. The Bertz CT molecular complexity index is 1090. The summed E-state index contributed by atoms with van der Waals surface area (Å²) in [6, 6.07) is 16.8. The van der Waals surface area contributed by atoms with E-state index in [2.05, 4.69) is 46.5 Å². The number of thioether (sulfide) groups is 1. The SMILES string of the molecule is CCc1ccc(C2CN(C(=O)CSc3nc4ccccc4[nH]3)CCN2)cc1.O=C(O)C(F)(F)F. The van der Waals surface area contributed by atoms with Crippen molar-refractivity contribution in [3.8, 4) is 0 Å². The highest BCUT2D eigenvalue weighted by Gasteiger charge is 2.38. The van der Waals surface area contributed by atoms with Gasteiger partial charge in [0.15, 0.2) is 5.16 Å². The Balaban J connectivity index is 0.000000406. The van der Waals surface area contributed by atoms with Crippen LogP contribution in [-0.4, -0.2) is 63.4 Å². The number of carbonyl (C=O) groups excluding carboxylic acids is 1. The number of hydrogen-bond acceptors (Lipinski definition) is 5. The van der Waals surface area contributed by atoms with Crippen molar-refractivity contribution < 1.29 is 27.9 Å². The predicted molar refractivity (Wildman–Crippen MR) is 124 cm³/mol. The molecule has 1 saturated heterocycles. The molecule has 182 valence electrons. The van der Waals surface area contributed by atoms with E-state index in [1.165, 1.54) is 22.9 Å². The topological polar surface area (TPSA) is 98.3 Å². The fraction of sp³-hybridized carbons (Fsp3) is 0.348. The molecular formula is C23H25F3N4O3S. The highest BCUT2D eigenvalue weighted by atomic mass is 32.2. The van der Waals surface area contributed by atoms with Gasteiger partial charge in [0.05, 0.1) is 16.8 Å². The number of imidazole rings is 1. The number of hydrogen-bond donors (Lipinski definition) is 3. The number of amides is 1. The summed E-state index contributed by atoms with van der Waals surface area (Å²) >= 11 is 1.47. The number of aliphatic carboxylic acids is 1. The lowest BCUT2D eigenvalue weighted by atomic mass is 10.0. The fourth-order valence-electron chi connectivity index (χ4n) is 3.40. The largest absolute Gasteiger partial charge is 0.490 e. The smallest absolute Gasteiger partial charge is 0.475 e. The van der Waals surface area contributed by atoms with Gasteiger partial charge in [-0.2, -0.15) is 13.2 Å². The molecule has 1 aliphatic rings. The molecule has 0 radical (unpaired) electrons. The van der Waals surface area contributed by atoms with Crippen molar-refractivity contribution in [1.82, 2.24) is 20.2 Å². The molecule has 1 aliphatic heterocycles. The molecule has 1 fully saturated rings. The summed E-state index contributed by atoms with van der Waals surface area (Å²) in [4.78, 5) is 31.4. The number of nitrogens with one attached hydrogen (secondary N) is 2. The van der Waals surface area contributed by atoms with E-state index in [1.807, 2.05) is 29.2 Å². The number of carboxylic acids is 1. The minimum absolute atomic E-state index is 0.164. The van der Waals surface area contributed by atoms with E-state index in [-0.39, 0.29) is 11.9 Å². The van der Waals surface area contributed by atoms with Gasteiger partial charge in [-0.15, -0.1) is 0 Å². The summed E-state index contributed by atoms with van der Waals surface area (Å²) in [5, 5.41) is 11.5. The molecule has 7 nitrogen and oxygen atoms in total. The second-order valence-corrected chi connectivity index (χ2v) is 8.56. The van der Waals surface area contributed by atoms with Crippen LogP contribution in [0.15, 0.2) is 53.7 Å². The number of nitrogens with zero attached hydrogens (tertiary/aromatic N) is 2. The Morgan fingerprint density at radius 1 is 1.18 bits per heavy atom. The minimum atomic E-state index is -5.08. The maximum absolute atomic E-state index is 12.7. The number of aromatic amines is 1. The molecule has 4 rings (SSSR count). The second-order valence-electron chi connectivity index (χ2n) is 7.59. The third kappa shape index (κ3) is 6.97. The maximum Gasteiger partial charge on any atom is 0.490 e. The monoisotopic (exact) mass is 494 g/mol. The van der Waals surface area contributed by atoms with Crippen LogP contribution in [0.5, 0.6) is 0 Å². The lowest BCUT2D eigenvalue weighted by molar-refractivity contribution is -0.192. The quantitative estimate of drug-likeness (QED) is 0.464. The van der Waals surface area contributed by atoms with Crippen molar-refractivity contribution in [1.29, 1.82) is 0 Å². The fourth-order valence-corrected chi connectivity index (χ4v) is 4.19. The third-order valence-corrected chi connectivity index (χ3v) is 6.12. The summed E-state index contributed by atoms with van der Waals surface area (Å²) in [6.45, 7) is 4.45. The Hall–Kier alpha value is -3.05. The number of aryl methyl sites for hydroxylation is 1. The first-order valence-corrected chi connectivity index (χ1v) is 11.6. The zero-order valence-corrected chi connectivity index (χ0v) is 19.2. The van der Waals surface area contributed by atoms with Crippen LogP contribution < -0.4 is 5.32 Å². The van der Waals surface area contributed by atoms with Crippen LogP contribution in [-0.2, 0) is 16.0 Å². The Morgan fingerprint density at radius 3 is 2.47 bits per heavy atom. The molecule has 1 amide bonds. The van der Waals surface area contributed by atoms with Crippen LogP contribution in [0.4, 0.5) is 13.2 Å². The number of carbonyl (C=O) groups is 2. The van der Waals surface area contributed by atoms with Crippen molar-refractivity contribution in [3.05, 3.63) is 59.7 Å². The van der Waals surface area contributed by atoms with Gasteiger partial charge in [0.25, 0.3) is 0 Å². The van der Waals surface area contributed by atoms with Gasteiger partial charge in [-0.3, -0.25) is 4.79 Å². The average molecular weight is 495 g/mol. The van der Waals surface area contributed by atoms with Gasteiger partial charge in [0.1, 0.15) is 0 Å². The van der Waals surface area contributed by atoms with E-state index in [4.69, 9.17) is 9.90 Å². The average Bonchev–Trinajstić information content (AvgIpc) is 3.25. The summed E-state index contributed by atoms with van der Waals surface area (Å²) in [7, 11) is 0. The lowest BCUT2D eigenvalue weighted by Gasteiger charge is -2.34. The molecule has 2 aromatic carbocycles. The normalized spacial score (nSPS) is 16.1.